The van der Waals surface area contributed by atoms with E-state index in [2.05, 4.69) is 38.2 Å². The monoisotopic (exact) mass is 249 g/mol. The summed E-state index contributed by atoms with van der Waals surface area (Å²) in [6.45, 7) is 7.13. The molecule has 100 valence electrons. The van der Waals surface area contributed by atoms with E-state index in [1.165, 1.54) is 12.7 Å². The van der Waals surface area contributed by atoms with Gasteiger partial charge in [-0.25, -0.2) is 0 Å². The summed E-state index contributed by atoms with van der Waals surface area (Å²) in [5.41, 5.74) is 1.24. The van der Waals surface area contributed by atoms with E-state index in [0.717, 1.165) is 6.54 Å². The fourth-order valence-electron chi connectivity index (χ4n) is 1.77. The molecule has 0 fully saturated rings. The van der Waals surface area contributed by atoms with Crippen molar-refractivity contribution in [1.29, 1.82) is 0 Å². The zero-order valence-electron chi connectivity index (χ0n) is 11.7. The molecule has 1 rings (SSSR count). The molecule has 3 heteroatoms. The zero-order chi connectivity index (χ0) is 13.6. The van der Waals surface area contributed by atoms with E-state index in [4.69, 9.17) is 4.74 Å². The highest BCUT2D eigenvalue weighted by Gasteiger charge is 2.26. The summed E-state index contributed by atoms with van der Waals surface area (Å²) < 4.78 is 4.75. The third-order valence-corrected chi connectivity index (χ3v) is 3.04. The highest BCUT2D eigenvalue weighted by molar-refractivity contribution is 5.70. The first-order valence-corrected chi connectivity index (χ1v) is 6.27. The fourth-order valence-corrected chi connectivity index (χ4v) is 1.77. The Bertz CT molecular complexity index is 368. The van der Waals surface area contributed by atoms with Gasteiger partial charge < -0.3 is 10.1 Å². The Labute approximate surface area is 110 Å². The summed E-state index contributed by atoms with van der Waals surface area (Å²) in [5, 5.41) is 3.44. The minimum absolute atomic E-state index is 0.0168. The van der Waals surface area contributed by atoms with Crippen LogP contribution in [0, 0.1) is 5.41 Å². The molecule has 0 aliphatic rings. The lowest BCUT2D eigenvalue weighted by Gasteiger charge is -2.31. The normalized spacial score (nSPS) is 13.1. The number of hydrogen-bond acceptors (Lipinski definition) is 3. The molecule has 0 aliphatic heterocycles. The molecule has 0 bridgehead atoms. The van der Waals surface area contributed by atoms with Gasteiger partial charge in [0.2, 0.25) is 0 Å². The summed E-state index contributed by atoms with van der Waals surface area (Å²) in [4.78, 5) is 11.4. The van der Waals surface area contributed by atoms with Gasteiger partial charge in [0.25, 0.3) is 0 Å². The topological polar surface area (TPSA) is 38.3 Å². The summed E-state index contributed by atoms with van der Waals surface area (Å²) >= 11 is 0. The van der Waals surface area contributed by atoms with Gasteiger partial charge in [-0.2, -0.15) is 0 Å². The Morgan fingerprint density at radius 2 is 1.89 bits per heavy atom. The van der Waals surface area contributed by atoms with Gasteiger partial charge in [0.05, 0.1) is 13.5 Å². The van der Waals surface area contributed by atoms with Gasteiger partial charge in [0, 0.05) is 12.6 Å². The molecule has 1 aromatic rings. The number of hydrogen-bond donors (Lipinski definition) is 1. The van der Waals surface area contributed by atoms with Crippen LogP contribution in [0.15, 0.2) is 30.3 Å². The summed E-state index contributed by atoms with van der Waals surface area (Å²) in [6, 6.07) is 10.3. The number of carbonyl (C=O) groups is 1. The van der Waals surface area contributed by atoms with E-state index in [1.54, 1.807) is 0 Å². The van der Waals surface area contributed by atoms with Crippen LogP contribution in [0.3, 0.4) is 0 Å². The molecule has 0 saturated carbocycles. The average molecular weight is 249 g/mol. The van der Waals surface area contributed by atoms with E-state index in [1.807, 2.05) is 18.2 Å². The van der Waals surface area contributed by atoms with Gasteiger partial charge in [-0.15, -0.1) is 0 Å². The standard InChI is InChI=1S/C15H23NO2/c1-15(2,3)13(10-14(17)18-4)16-11-12-8-6-5-7-9-12/h5-9,13,16H,10-11H2,1-4H3/t13-/m0/s1. The second-order valence-corrected chi connectivity index (χ2v) is 5.57. The number of carbonyl (C=O) groups excluding carboxylic acids is 1. The smallest absolute Gasteiger partial charge is 0.307 e. The highest BCUT2D eigenvalue weighted by atomic mass is 16.5. The fraction of sp³-hybridized carbons (Fsp3) is 0.533. The second kappa shape index (κ2) is 6.55. The molecule has 3 nitrogen and oxygen atoms in total. The molecule has 0 spiro atoms. The quantitative estimate of drug-likeness (QED) is 0.815. The molecule has 0 saturated heterocycles. The number of nitrogens with one attached hydrogen (secondary N) is 1. The van der Waals surface area contributed by atoms with Gasteiger partial charge in [0.1, 0.15) is 0 Å². The van der Waals surface area contributed by atoms with Gasteiger partial charge in [-0.3, -0.25) is 4.79 Å². The van der Waals surface area contributed by atoms with Crippen LogP contribution < -0.4 is 5.32 Å². The summed E-state index contributed by atoms with van der Waals surface area (Å²) in [5.74, 6) is -0.171. The minimum atomic E-state index is -0.171. The number of benzene rings is 1. The molecule has 1 atom stereocenters. The average Bonchev–Trinajstić information content (AvgIpc) is 2.34. The third kappa shape index (κ3) is 4.88. The Morgan fingerprint density at radius 3 is 2.39 bits per heavy atom. The van der Waals surface area contributed by atoms with Crippen molar-refractivity contribution in [3.63, 3.8) is 0 Å². The van der Waals surface area contributed by atoms with Gasteiger partial charge in [-0.1, -0.05) is 51.1 Å². The molecule has 0 aromatic heterocycles. The molecule has 0 radical (unpaired) electrons. The molecule has 18 heavy (non-hydrogen) atoms. The van der Waals surface area contributed by atoms with Crippen LogP contribution in [0.1, 0.15) is 32.8 Å². The second-order valence-electron chi connectivity index (χ2n) is 5.57. The number of rotatable bonds is 5. The van der Waals surface area contributed by atoms with Gasteiger partial charge in [-0.05, 0) is 11.0 Å². The van der Waals surface area contributed by atoms with Crippen molar-refractivity contribution in [1.82, 2.24) is 5.32 Å². The Hall–Kier alpha value is -1.35. The van der Waals surface area contributed by atoms with Crippen LogP contribution in [0.2, 0.25) is 0 Å². The number of esters is 1. The molecule has 0 amide bonds. The maximum atomic E-state index is 11.4. The maximum Gasteiger partial charge on any atom is 0.307 e. The molecule has 0 aliphatic carbocycles. The molecule has 1 aromatic carbocycles. The van der Waals surface area contributed by atoms with Crippen molar-refractivity contribution in [2.75, 3.05) is 7.11 Å². The van der Waals surface area contributed by atoms with E-state index >= 15 is 0 Å². The highest BCUT2D eigenvalue weighted by Crippen LogP contribution is 2.22. The van der Waals surface area contributed by atoms with Crippen molar-refractivity contribution in [2.45, 2.75) is 39.8 Å². The largest absolute Gasteiger partial charge is 0.469 e. The van der Waals surface area contributed by atoms with E-state index in [-0.39, 0.29) is 17.4 Å². The van der Waals surface area contributed by atoms with Gasteiger partial charge in [0.15, 0.2) is 0 Å². The van der Waals surface area contributed by atoms with Crippen LogP contribution in [-0.4, -0.2) is 19.1 Å². The number of methoxy groups -OCH3 is 1. The predicted molar refractivity (Wildman–Crippen MR) is 73.2 cm³/mol. The van der Waals surface area contributed by atoms with E-state index < -0.39 is 0 Å². The van der Waals surface area contributed by atoms with Crippen molar-refractivity contribution in [3.8, 4) is 0 Å². The Kier molecular flexibility index (Phi) is 5.35. The van der Waals surface area contributed by atoms with Crippen LogP contribution >= 0.6 is 0 Å². The molecular weight excluding hydrogens is 226 g/mol. The maximum absolute atomic E-state index is 11.4. The third-order valence-electron chi connectivity index (χ3n) is 3.04. The van der Waals surface area contributed by atoms with E-state index in [9.17, 15) is 4.79 Å². The summed E-state index contributed by atoms with van der Waals surface area (Å²) in [6.07, 6.45) is 0.396. The molecular formula is C15H23NO2. The lowest BCUT2D eigenvalue weighted by atomic mass is 9.84. The van der Waals surface area contributed by atoms with Crippen molar-refractivity contribution < 1.29 is 9.53 Å². The SMILES string of the molecule is COC(=O)C[C@H](NCc1ccccc1)C(C)(C)C. The van der Waals surface area contributed by atoms with Crippen molar-refractivity contribution in [3.05, 3.63) is 35.9 Å². The molecule has 0 heterocycles. The lowest BCUT2D eigenvalue weighted by molar-refractivity contribution is -0.141. The van der Waals surface area contributed by atoms with Crippen LogP contribution in [0.5, 0.6) is 0 Å². The minimum Gasteiger partial charge on any atom is -0.469 e. The van der Waals surface area contributed by atoms with Crippen LogP contribution in [-0.2, 0) is 16.1 Å². The first kappa shape index (κ1) is 14.7. The first-order chi connectivity index (χ1) is 8.43. The van der Waals surface area contributed by atoms with Crippen molar-refractivity contribution in [2.24, 2.45) is 5.41 Å². The molecule has 0 unspecified atom stereocenters. The first-order valence-electron chi connectivity index (χ1n) is 6.27. The van der Waals surface area contributed by atoms with Gasteiger partial charge >= 0.3 is 5.97 Å². The van der Waals surface area contributed by atoms with Crippen molar-refractivity contribution >= 4 is 5.97 Å². The lowest BCUT2D eigenvalue weighted by Crippen LogP contribution is -2.41. The number of ether oxygens (including phenoxy) is 1. The zero-order valence-corrected chi connectivity index (χ0v) is 11.7. The van der Waals surface area contributed by atoms with E-state index in [0.29, 0.717) is 6.42 Å². The van der Waals surface area contributed by atoms with Crippen LogP contribution in [0.4, 0.5) is 0 Å². The molecule has 1 N–H and O–H groups in total. The van der Waals surface area contributed by atoms with Crippen LogP contribution in [0.25, 0.3) is 0 Å². The predicted octanol–water partition coefficient (Wildman–Crippen LogP) is 2.75. The Morgan fingerprint density at radius 1 is 1.28 bits per heavy atom. The summed E-state index contributed by atoms with van der Waals surface area (Å²) in [7, 11) is 1.43. The Balaban J connectivity index is 2.59.